The normalized spacial score (nSPS) is 19.5. The van der Waals surface area contributed by atoms with Crippen LogP contribution in [0.4, 0.5) is 0 Å². The maximum Gasteiger partial charge on any atom is 0.119 e. The van der Waals surface area contributed by atoms with E-state index in [1.165, 1.54) is 54.5 Å². The molecule has 2 aliphatic rings. The van der Waals surface area contributed by atoms with E-state index < -0.39 is 0 Å². The zero-order valence-corrected chi connectivity index (χ0v) is 22.8. The van der Waals surface area contributed by atoms with Crippen molar-refractivity contribution in [2.24, 2.45) is 0 Å². The van der Waals surface area contributed by atoms with Gasteiger partial charge in [0.2, 0.25) is 0 Å². The Morgan fingerprint density at radius 2 is 1.62 bits per heavy atom. The summed E-state index contributed by atoms with van der Waals surface area (Å²) in [6.07, 6.45) is 9.99. The minimum absolute atomic E-state index is 0. The molecule has 1 aliphatic heterocycles. The molecular formula is C33H39ClN2O. The lowest BCUT2D eigenvalue weighted by molar-refractivity contribution is 0.0314. The fraction of sp³-hybridized carbons (Fsp3) is 0.424. The Labute approximate surface area is 228 Å². The average molecular weight is 515 g/mol. The number of methoxy groups -OCH3 is 1. The zero-order valence-electron chi connectivity index (χ0n) is 22.0. The minimum atomic E-state index is -0.268. The van der Waals surface area contributed by atoms with Gasteiger partial charge in [0.05, 0.1) is 13.2 Å². The van der Waals surface area contributed by atoms with E-state index in [9.17, 15) is 5.26 Å². The first-order chi connectivity index (χ1) is 17.7. The van der Waals surface area contributed by atoms with Crippen LogP contribution in [0.25, 0.3) is 0 Å². The third-order valence-corrected chi connectivity index (χ3v) is 8.85. The van der Waals surface area contributed by atoms with Crippen LogP contribution in [-0.4, -0.2) is 30.6 Å². The molecule has 4 heteroatoms. The third kappa shape index (κ3) is 5.57. The Morgan fingerprint density at radius 1 is 0.919 bits per heavy atom. The molecule has 3 nitrogen and oxygen atoms in total. The molecule has 1 saturated heterocycles. The summed E-state index contributed by atoms with van der Waals surface area (Å²) in [5.74, 6) is 0.973. The number of aryl methyl sites for hydroxylation is 1. The first kappa shape index (κ1) is 27.2. The molecule has 1 fully saturated rings. The Balaban J connectivity index is 0.00000320. The van der Waals surface area contributed by atoms with Gasteiger partial charge in [0.15, 0.2) is 0 Å². The molecule has 1 atom stereocenters. The van der Waals surface area contributed by atoms with Crippen molar-refractivity contribution in [2.75, 3.05) is 20.2 Å². The second-order valence-electron chi connectivity index (χ2n) is 10.7. The van der Waals surface area contributed by atoms with Gasteiger partial charge in [-0.25, -0.2) is 0 Å². The molecule has 3 aromatic carbocycles. The molecular weight excluding hydrogens is 476 g/mol. The van der Waals surface area contributed by atoms with Crippen molar-refractivity contribution in [3.63, 3.8) is 0 Å². The molecule has 194 valence electrons. The summed E-state index contributed by atoms with van der Waals surface area (Å²) in [7, 11) is 1.76. The number of likely N-dealkylation sites (tertiary alicyclic amines) is 1. The molecule has 0 saturated carbocycles. The highest BCUT2D eigenvalue weighted by molar-refractivity contribution is 5.85. The highest BCUT2D eigenvalue weighted by atomic mass is 35.5. The van der Waals surface area contributed by atoms with Crippen molar-refractivity contribution in [1.29, 1.82) is 5.26 Å². The Bertz CT molecular complexity index is 1150. The second-order valence-corrected chi connectivity index (χ2v) is 10.7. The molecule has 0 radical (unpaired) electrons. The molecule has 1 heterocycles. The second kappa shape index (κ2) is 12.2. The highest BCUT2D eigenvalue weighted by Gasteiger charge is 2.41. The number of halogens is 1. The zero-order chi connectivity index (χ0) is 24.8. The van der Waals surface area contributed by atoms with Crippen LogP contribution in [-0.2, 0) is 18.3 Å². The van der Waals surface area contributed by atoms with Gasteiger partial charge in [-0.2, -0.15) is 5.26 Å². The van der Waals surface area contributed by atoms with Gasteiger partial charge in [0, 0.05) is 17.4 Å². The quantitative estimate of drug-likeness (QED) is 0.312. The van der Waals surface area contributed by atoms with E-state index >= 15 is 0 Å². The summed E-state index contributed by atoms with van der Waals surface area (Å²) in [5.41, 5.74) is 5.49. The number of nitriles is 1. The lowest BCUT2D eigenvalue weighted by Gasteiger charge is -2.50. The maximum absolute atomic E-state index is 9.93. The highest BCUT2D eigenvalue weighted by Crippen LogP contribution is 2.43. The van der Waals surface area contributed by atoms with Gasteiger partial charge in [-0.3, -0.25) is 4.90 Å². The number of benzene rings is 3. The monoisotopic (exact) mass is 514 g/mol. The molecule has 0 aromatic heterocycles. The van der Waals surface area contributed by atoms with E-state index in [0.717, 1.165) is 38.0 Å². The van der Waals surface area contributed by atoms with E-state index in [-0.39, 0.29) is 23.4 Å². The van der Waals surface area contributed by atoms with Gasteiger partial charge in [0.1, 0.15) is 5.75 Å². The number of hydrogen-bond acceptors (Lipinski definition) is 3. The van der Waals surface area contributed by atoms with Crippen LogP contribution >= 0.6 is 12.4 Å². The predicted octanol–water partition coefficient (Wildman–Crippen LogP) is 7.51. The van der Waals surface area contributed by atoms with Crippen LogP contribution in [0.2, 0.25) is 0 Å². The van der Waals surface area contributed by atoms with E-state index in [0.29, 0.717) is 6.42 Å². The first-order valence-corrected chi connectivity index (χ1v) is 13.6. The van der Waals surface area contributed by atoms with Crippen molar-refractivity contribution in [3.05, 3.63) is 101 Å². The Kier molecular flexibility index (Phi) is 8.95. The standard InChI is InChI=1S/C33H38N2O.ClH/c1-36-31-16-15-28-26-32(20-17-27(28)25-31)18-8-9-23-35(32)24-10-19-33(21-22-34,29-11-4-2-5-12-29)30-13-6-3-7-14-30;/h2-7,11-16,25H,8-10,17-21,23-24,26H2,1H3;1H. The molecule has 0 bridgehead atoms. The van der Waals surface area contributed by atoms with Crippen molar-refractivity contribution < 1.29 is 4.74 Å². The summed E-state index contributed by atoms with van der Waals surface area (Å²) in [5, 5.41) is 9.93. The third-order valence-electron chi connectivity index (χ3n) is 8.85. The molecule has 37 heavy (non-hydrogen) atoms. The number of ether oxygens (including phenoxy) is 1. The van der Waals surface area contributed by atoms with Crippen LogP contribution in [0.5, 0.6) is 5.75 Å². The van der Waals surface area contributed by atoms with E-state index in [1.807, 2.05) is 0 Å². The lowest BCUT2D eigenvalue weighted by Crippen LogP contribution is -2.55. The van der Waals surface area contributed by atoms with Gasteiger partial charge in [-0.05, 0) is 92.4 Å². The van der Waals surface area contributed by atoms with Crippen molar-refractivity contribution >= 4 is 12.4 Å². The number of fused-ring (bicyclic) bond motifs is 1. The summed E-state index contributed by atoms with van der Waals surface area (Å²) in [4.78, 5) is 2.82. The SMILES string of the molecule is COc1ccc2c(c1)CCC1(CCCCN1CCCC(CC#N)(c1ccccc1)c1ccccc1)C2.Cl. The van der Waals surface area contributed by atoms with Gasteiger partial charge < -0.3 is 4.74 Å². The van der Waals surface area contributed by atoms with E-state index in [2.05, 4.69) is 89.8 Å². The van der Waals surface area contributed by atoms with Crippen molar-refractivity contribution in [2.45, 2.75) is 68.7 Å². The number of hydrogen-bond donors (Lipinski definition) is 0. The molecule has 0 N–H and O–H groups in total. The van der Waals surface area contributed by atoms with Crippen LogP contribution < -0.4 is 4.74 Å². The Hall–Kier alpha value is -2.80. The van der Waals surface area contributed by atoms with Crippen LogP contribution in [0.3, 0.4) is 0 Å². The number of nitrogens with zero attached hydrogens (tertiary/aromatic N) is 2. The fourth-order valence-electron chi connectivity index (χ4n) is 6.90. The van der Waals surface area contributed by atoms with Gasteiger partial charge in [0.25, 0.3) is 0 Å². The smallest absolute Gasteiger partial charge is 0.119 e. The average Bonchev–Trinajstić information content (AvgIpc) is 2.94. The van der Waals surface area contributed by atoms with E-state index in [4.69, 9.17) is 4.74 Å². The van der Waals surface area contributed by atoms with Gasteiger partial charge in [-0.15, -0.1) is 12.4 Å². The molecule has 0 amide bonds. The summed E-state index contributed by atoms with van der Waals surface area (Å²) in [6.45, 7) is 2.28. The van der Waals surface area contributed by atoms with Crippen LogP contribution in [0.1, 0.15) is 67.2 Å². The summed E-state index contributed by atoms with van der Waals surface area (Å²) in [6, 6.07) is 30.6. The largest absolute Gasteiger partial charge is 0.497 e. The lowest BCUT2D eigenvalue weighted by atomic mass is 9.69. The number of rotatable bonds is 8. The van der Waals surface area contributed by atoms with E-state index in [1.54, 1.807) is 7.11 Å². The molecule has 5 rings (SSSR count). The molecule has 3 aromatic rings. The molecule has 1 spiro atoms. The Morgan fingerprint density at radius 3 is 2.27 bits per heavy atom. The first-order valence-electron chi connectivity index (χ1n) is 13.6. The van der Waals surface area contributed by atoms with Crippen LogP contribution in [0.15, 0.2) is 78.9 Å². The summed E-state index contributed by atoms with van der Waals surface area (Å²) >= 11 is 0. The molecule has 1 aliphatic carbocycles. The van der Waals surface area contributed by atoms with Gasteiger partial charge in [-0.1, -0.05) is 73.2 Å². The fourth-order valence-corrected chi connectivity index (χ4v) is 6.90. The topological polar surface area (TPSA) is 36.3 Å². The predicted molar refractivity (Wildman–Crippen MR) is 154 cm³/mol. The minimum Gasteiger partial charge on any atom is -0.497 e. The van der Waals surface area contributed by atoms with Gasteiger partial charge >= 0.3 is 0 Å². The summed E-state index contributed by atoms with van der Waals surface area (Å²) < 4.78 is 5.48. The molecule has 1 unspecified atom stereocenters. The van der Waals surface area contributed by atoms with Crippen molar-refractivity contribution in [3.8, 4) is 11.8 Å². The number of piperidine rings is 1. The maximum atomic E-state index is 9.93. The van der Waals surface area contributed by atoms with Crippen LogP contribution in [0, 0.1) is 11.3 Å². The van der Waals surface area contributed by atoms with Crippen molar-refractivity contribution in [1.82, 2.24) is 4.90 Å².